The number of rotatable bonds is 4. The molecule has 0 spiro atoms. The first-order chi connectivity index (χ1) is 13.0. The normalized spacial score (nSPS) is 27.4. The van der Waals surface area contributed by atoms with Gasteiger partial charge in [-0.3, -0.25) is 0 Å². The molecule has 2 fully saturated rings. The van der Waals surface area contributed by atoms with Crippen molar-refractivity contribution in [3.63, 3.8) is 0 Å². The fraction of sp³-hybridized carbons (Fsp3) is 0.591. The molecule has 3 rings (SSSR count). The smallest absolute Gasteiger partial charge is 0.410 e. The number of halogens is 2. The van der Waals surface area contributed by atoms with E-state index in [-0.39, 0.29) is 19.0 Å². The Bertz CT molecular complexity index is 728. The number of nitrogens with zero attached hydrogens (tertiary/aromatic N) is 1. The topological polar surface area (TPSA) is 41.6 Å². The van der Waals surface area contributed by atoms with Crippen molar-refractivity contribution in [1.82, 2.24) is 10.2 Å². The minimum absolute atomic E-state index is 0.0731. The van der Waals surface area contributed by atoms with Crippen LogP contribution in [0.25, 0.3) is 6.08 Å². The monoisotopic (exact) mass is 392 g/mol. The Morgan fingerprint density at radius 3 is 2.57 bits per heavy atom. The average molecular weight is 392 g/mol. The van der Waals surface area contributed by atoms with E-state index in [0.29, 0.717) is 5.92 Å². The van der Waals surface area contributed by atoms with Gasteiger partial charge < -0.3 is 15.0 Å². The maximum atomic E-state index is 14.6. The van der Waals surface area contributed by atoms with Crippen LogP contribution in [0.4, 0.5) is 13.6 Å². The molecule has 0 bridgehead atoms. The molecule has 4 nitrogen and oxygen atoms in total. The average Bonchev–Trinajstić information content (AvgIpc) is 3.35. The second-order valence-electron chi connectivity index (χ2n) is 8.92. The van der Waals surface area contributed by atoms with Crippen molar-refractivity contribution < 1.29 is 18.3 Å². The Balaban J connectivity index is 1.54. The minimum atomic E-state index is -2.97. The highest BCUT2D eigenvalue weighted by Crippen LogP contribution is 2.40. The van der Waals surface area contributed by atoms with Gasteiger partial charge in [-0.1, -0.05) is 42.0 Å². The van der Waals surface area contributed by atoms with E-state index in [4.69, 9.17) is 4.74 Å². The molecule has 1 N–H and O–H groups in total. The van der Waals surface area contributed by atoms with Gasteiger partial charge in [0.2, 0.25) is 0 Å². The summed E-state index contributed by atoms with van der Waals surface area (Å²) in [4.78, 5) is 13.2. The zero-order valence-corrected chi connectivity index (χ0v) is 17.0. The van der Waals surface area contributed by atoms with E-state index < -0.39 is 30.2 Å². The van der Waals surface area contributed by atoms with Crippen LogP contribution in [0.5, 0.6) is 0 Å². The molecule has 0 aromatic heterocycles. The number of amides is 1. The number of carbonyl (C=O) groups is 1. The first kappa shape index (κ1) is 20.8. The van der Waals surface area contributed by atoms with Crippen LogP contribution < -0.4 is 5.32 Å². The highest BCUT2D eigenvalue weighted by atomic mass is 19.3. The number of likely N-dealkylation sites (tertiary alicyclic amines) is 1. The van der Waals surface area contributed by atoms with Crippen LogP contribution in [0.2, 0.25) is 0 Å². The Kier molecular flexibility index (Phi) is 5.80. The van der Waals surface area contributed by atoms with E-state index in [1.54, 1.807) is 20.8 Å². The number of nitrogens with one attached hydrogen (secondary N) is 1. The van der Waals surface area contributed by atoms with Gasteiger partial charge in [0.05, 0.1) is 12.6 Å². The summed E-state index contributed by atoms with van der Waals surface area (Å²) in [6.45, 7) is 6.93. The lowest BCUT2D eigenvalue weighted by atomic mass is 10.0. The summed E-state index contributed by atoms with van der Waals surface area (Å²) in [5.41, 5.74) is 1.64. The van der Waals surface area contributed by atoms with Crippen LogP contribution in [0.3, 0.4) is 0 Å². The van der Waals surface area contributed by atoms with Gasteiger partial charge in [0.15, 0.2) is 0 Å². The number of hydrogen-bond acceptors (Lipinski definition) is 3. The Hall–Kier alpha value is -1.95. The molecular weight excluding hydrogens is 362 g/mol. The van der Waals surface area contributed by atoms with Crippen LogP contribution in [-0.4, -0.2) is 47.7 Å². The van der Waals surface area contributed by atoms with Gasteiger partial charge in [-0.25, -0.2) is 13.6 Å². The Morgan fingerprint density at radius 2 is 1.96 bits per heavy atom. The largest absolute Gasteiger partial charge is 0.444 e. The van der Waals surface area contributed by atoms with Gasteiger partial charge in [0, 0.05) is 12.6 Å². The maximum Gasteiger partial charge on any atom is 0.410 e. The van der Waals surface area contributed by atoms with E-state index in [1.165, 1.54) is 5.57 Å². The lowest BCUT2D eigenvalue weighted by Crippen LogP contribution is -2.59. The Labute approximate surface area is 165 Å². The summed E-state index contributed by atoms with van der Waals surface area (Å²) in [5.74, 6) is -2.68. The summed E-state index contributed by atoms with van der Waals surface area (Å²) in [6.07, 6.45) is 2.54. The second-order valence-corrected chi connectivity index (χ2v) is 8.92. The van der Waals surface area contributed by atoms with Crippen LogP contribution in [0.15, 0.2) is 35.9 Å². The van der Waals surface area contributed by atoms with Gasteiger partial charge in [0.25, 0.3) is 5.92 Å². The third kappa shape index (κ3) is 5.31. The van der Waals surface area contributed by atoms with Crippen LogP contribution >= 0.6 is 0 Å². The van der Waals surface area contributed by atoms with Gasteiger partial charge in [-0.2, -0.15) is 0 Å². The van der Waals surface area contributed by atoms with Crippen molar-refractivity contribution in [3.05, 3.63) is 41.5 Å². The highest BCUT2D eigenvalue weighted by molar-refractivity contribution is 5.68. The molecule has 1 amide bonds. The minimum Gasteiger partial charge on any atom is -0.444 e. The molecule has 3 atom stereocenters. The summed E-state index contributed by atoms with van der Waals surface area (Å²) < 4.78 is 34.5. The van der Waals surface area contributed by atoms with Crippen LogP contribution in [0, 0.1) is 5.92 Å². The lowest BCUT2D eigenvalue weighted by Gasteiger charge is -2.39. The summed E-state index contributed by atoms with van der Waals surface area (Å²) in [7, 11) is 0. The second kappa shape index (κ2) is 7.82. The van der Waals surface area contributed by atoms with Crippen LogP contribution in [-0.2, 0) is 4.74 Å². The third-order valence-electron chi connectivity index (χ3n) is 5.24. The number of piperidine rings is 1. The van der Waals surface area contributed by atoms with Gasteiger partial charge in [-0.05, 0) is 52.0 Å². The first-order valence-electron chi connectivity index (χ1n) is 9.90. The number of alkyl halides is 2. The molecule has 6 heteroatoms. The molecule has 1 saturated carbocycles. The number of ether oxygens (including phenoxy) is 1. The van der Waals surface area contributed by atoms with Gasteiger partial charge in [0.1, 0.15) is 5.60 Å². The van der Waals surface area contributed by atoms with Crippen molar-refractivity contribution in [2.24, 2.45) is 5.92 Å². The maximum absolute atomic E-state index is 14.6. The number of hydrogen-bond donors (Lipinski definition) is 1. The quantitative estimate of drug-likeness (QED) is 0.807. The molecule has 1 aromatic carbocycles. The highest BCUT2D eigenvalue weighted by Gasteiger charge is 2.50. The van der Waals surface area contributed by atoms with E-state index in [0.717, 1.165) is 16.9 Å². The van der Waals surface area contributed by atoms with Crippen molar-refractivity contribution in [2.75, 3.05) is 13.1 Å². The molecule has 1 aliphatic heterocycles. The van der Waals surface area contributed by atoms with Crippen molar-refractivity contribution in [2.45, 2.75) is 64.1 Å². The lowest BCUT2D eigenvalue weighted by molar-refractivity contribution is -0.0919. The molecule has 154 valence electrons. The molecule has 1 aromatic rings. The van der Waals surface area contributed by atoms with E-state index in [2.05, 4.69) is 18.3 Å². The Morgan fingerprint density at radius 1 is 1.29 bits per heavy atom. The predicted molar refractivity (Wildman–Crippen MR) is 106 cm³/mol. The fourth-order valence-corrected chi connectivity index (χ4v) is 3.69. The molecule has 1 saturated heterocycles. The summed E-state index contributed by atoms with van der Waals surface area (Å²) in [5, 5.41) is 3.14. The molecule has 1 unspecified atom stereocenters. The number of benzene rings is 1. The third-order valence-corrected chi connectivity index (χ3v) is 5.24. The summed E-state index contributed by atoms with van der Waals surface area (Å²) in [6, 6.07) is 9.18. The van der Waals surface area contributed by atoms with Gasteiger partial charge in [-0.15, -0.1) is 0 Å². The SMILES string of the molecule is CC(=Cc1ccccc1)[C@@H]1C[C@H]1NC1CCN(C(=O)OC(C)(C)C)CC1(F)F. The predicted octanol–water partition coefficient (Wildman–Crippen LogP) is 4.71. The fourth-order valence-electron chi connectivity index (χ4n) is 3.69. The zero-order chi connectivity index (χ0) is 20.5. The van der Waals surface area contributed by atoms with E-state index in [1.807, 2.05) is 30.3 Å². The molecule has 1 heterocycles. The molecule has 2 aliphatic rings. The zero-order valence-electron chi connectivity index (χ0n) is 17.0. The van der Waals surface area contributed by atoms with E-state index >= 15 is 0 Å². The van der Waals surface area contributed by atoms with Crippen molar-refractivity contribution >= 4 is 12.2 Å². The van der Waals surface area contributed by atoms with Crippen LogP contribution in [0.1, 0.15) is 46.1 Å². The number of carbonyl (C=O) groups excluding carboxylic acids is 1. The molecular formula is C22H30F2N2O2. The molecule has 28 heavy (non-hydrogen) atoms. The molecule has 0 radical (unpaired) electrons. The van der Waals surface area contributed by atoms with Crippen molar-refractivity contribution in [3.8, 4) is 0 Å². The van der Waals surface area contributed by atoms with E-state index in [9.17, 15) is 13.6 Å². The summed E-state index contributed by atoms with van der Waals surface area (Å²) >= 11 is 0. The van der Waals surface area contributed by atoms with Gasteiger partial charge >= 0.3 is 6.09 Å². The standard InChI is InChI=1S/C22H30F2N2O2/c1-15(12-16-8-6-5-7-9-16)17-13-18(17)25-19-10-11-26(14-22(19,23)24)20(27)28-21(2,3)4/h5-9,12,17-19,25H,10-11,13-14H2,1-4H3/t17-,18+,19?/m0/s1. The first-order valence-corrected chi connectivity index (χ1v) is 9.90. The van der Waals surface area contributed by atoms with Crippen molar-refractivity contribution in [1.29, 1.82) is 0 Å². The molecule has 1 aliphatic carbocycles.